The van der Waals surface area contributed by atoms with Gasteiger partial charge in [0.05, 0.1) is 0 Å². The van der Waals surface area contributed by atoms with Crippen molar-refractivity contribution in [2.45, 2.75) is 105 Å². The van der Waals surface area contributed by atoms with Crippen molar-refractivity contribution >= 4 is 5.78 Å². The minimum atomic E-state index is 0.116. The van der Waals surface area contributed by atoms with Gasteiger partial charge < -0.3 is 0 Å². The van der Waals surface area contributed by atoms with E-state index in [1.807, 2.05) is 6.92 Å². The number of carbonyl (C=O) groups excluding carboxylic acids is 1. The molecule has 0 radical (unpaired) electrons. The second kappa shape index (κ2) is 15.7. The first kappa shape index (κ1) is 31.5. The van der Waals surface area contributed by atoms with Crippen molar-refractivity contribution < 1.29 is 4.79 Å². The Bertz CT molecular complexity index is 1090. The zero-order chi connectivity index (χ0) is 28.1. The highest BCUT2D eigenvalue weighted by Crippen LogP contribution is 2.30. The normalized spacial score (nSPS) is 14.0. The monoisotopic (exact) mass is 512 g/mol. The fourth-order valence-corrected chi connectivity index (χ4v) is 5.26. The Kier molecular flexibility index (Phi) is 13.0. The zero-order valence-corrected chi connectivity index (χ0v) is 25.3. The van der Waals surface area contributed by atoms with Gasteiger partial charge in [-0.15, -0.1) is 0 Å². The summed E-state index contributed by atoms with van der Waals surface area (Å²) >= 11 is 0. The van der Waals surface area contributed by atoms with Crippen LogP contribution in [0.3, 0.4) is 0 Å². The van der Waals surface area contributed by atoms with Gasteiger partial charge in [-0.1, -0.05) is 134 Å². The molecule has 2 rings (SSSR count). The number of benzene rings is 2. The number of rotatable bonds is 15. The van der Waals surface area contributed by atoms with E-state index < -0.39 is 0 Å². The van der Waals surface area contributed by atoms with Crippen molar-refractivity contribution in [1.29, 1.82) is 0 Å². The quantitative estimate of drug-likeness (QED) is 0.217. The average Bonchev–Trinajstić information content (AvgIpc) is 2.89. The summed E-state index contributed by atoms with van der Waals surface area (Å²) in [6, 6.07) is 17.3. The third kappa shape index (κ3) is 10.2. The lowest BCUT2D eigenvalue weighted by atomic mass is 9.84. The summed E-state index contributed by atoms with van der Waals surface area (Å²) in [6.07, 6.45) is 14.4. The van der Waals surface area contributed by atoms with Crippen molar-refractivity contribution in [2.75, 3.05) is 0 Å². The number of hydrogen-bond acceptors (Lipinski definition) is 1. The summed E-state index contributed by atoms with van der Waals surface area (Å²) in [4.78, 5) is 13.1. The summed E-state index contributed by atoms with van der Waals surface area (Å²) in [7, 11) is 0. The first-order chi connectivity index (χ1) is 18.1. The highest BCUT2D eigenvalue weighted by Gasteiger charge is 2.17. The van der Waals surface area contributed by atoms with E-state index >= 15 is 0 Å². The molecule has 2 unspecified atom stereocenters. The Hall–Kier alpha value is -2.67. The van der Waals surface area contributed by atoms with Crippen LogP contribution in [-0.2, 0) is 16.6 Å². The van der Waals surface area contributed by atoms with Gasteiger partial charge in [-0.2, -0.15) is 0 Å². The minimum Gasteiger partial charge on any atom is -0.299 e. The molecule has 38 heavy (non-hydrogen) atoms. The Balaban J connectivity index is 1.96. The van der Waals surface area contributed by atoms with Crippen LogP contribution in [0, 0.1) is 11.8 Å². The SMILES string of the molecule is C=C(C(C)=CC=CC)C(CCC)CCCC(CC)CC(=O)Cc1cccc(-c2cccc(C(C)(C)C)c2)c1. The third-order valence-corrected chi connectivity index (χ3v) is 7.82. The van der Waals surface area contributed by atoms with Gasteiger partial charge in [-0.25, -0.2) is 0 Å². The molecular weight excluding hydrogens is 460 g/mol. The van der Waals surface area contributed by atoms with Crippen LogP contribution in [0.15, 0.2) is 84.5 Å². The molecule has 0 fully saturated rings. The highest BCUT2D eigenvalue weighted by molar-refractivity contribution is 5.81. The van der Waals surface area contributed by atoms with Crippen LogP contribution in [0.1, 0.15) is 105 Å². The molecule has 1 heteroatoms. The molecule has 0 aliphatic rings. The van der Waals surface area contributed by atoms with Crippen LogP contribution < -0.4 is 0 Å². The van der Waals surface area contributed by atoms with Crippen molar-refractivity contribution in [1.82, 2.24) is 0 Å². The average molecular weight is 513 g/mol. The van der Waals surface area contributed by atoms with Gasteiger partial charge in [0.25, 0.3) is 0 Å². The van der Waals surface area contributed by atoms with Gasteiger partial charge in [0, 0.05) is 12.8 Å². The van der Waals surface area contributed by atoms with Gasteiger partial charge in [0.1, 0.15) is 5.78 Å². The lowest BCUT2D eigenvalue weighted by Crippen LogP contribution is -2.12. The molecule has 2 aromatic carbocycles. The van der Waals surface area contributed by atoms with E-state index in [1.165, 1.54) is 40.7 Å². The summed E-state index contributed by atoms with van der Waals surface area (Å²) < 4.78 is 0. The molecule has 2 aromatic rings. The topological polar surface area (TPSA) is 17.1 Å². The second-order valence-corrected chi connectivity index (χ2v) is 12.0. The largest absolute Gasteiger partial charge is 0.299 e. The van der Waals surface area contributed by atoms with Gasteiger partial charge in [0.15, 0.2) is 0 Å². The molecule has 1 nitrogen and oxygen atoms in total. The van der Waals surface area contributed by atoms with Crippen LogP contribution in [0.2, 0.25) is 0 Å². The lowest BCUT2D eigenvalue weighted by Gasteiger charge is -2.21. The Morgan fingerprint density at radius 2 is 1.66 bits per heavy atom. The Morgan fingerprint density at radius 3 is 2.29 bits per heavy atom. The van der Waals surface area contributed by atoms with Gasteiger partial charge in [0.2, 0.25) is 0 Å². The number of Topliss-reactive ketones (excluding diaryl/α,β-unsaturated/α-hetero) is 1. The van der Waals surface area contributed by atoms with E-state index in [0.717, 1.165) is 31.2 Å². The first-order valence-corrected chi connectivity index (χ1v) is 14.8. The highest BCUT2D eigenvalue weighted by atomic mass is 16.1. The molecule has 0 N–H and O–H groups in total. The van der Waals surface area contributed by atoms with Crippen molar-refractivity contribution in [3.63, 3.8) is 0 Å². The van der Waals surface area contributed by atoms with E-state index in [-0.39, 0.29) is 5.41 Å². The molecule has 0 saturated heterocycles. The fourth-order valence-electron chi connectivity index (χ4n) is 5.26. The van der Waals surface area contributed by atoms with E-state index in [2.05, 4.69) is 115 Å². The predicted octanol–water partition coefficient (Wildman–Crippen LogP) is 10.8. The Labute approximate surface area is 234 Å². The zero-order valence-electron chi connectivity index (χ0n) is 25.3. The van der Waals surface area contributed by atoms with Crippen molar-refractivity contribution in [3.8, 4) is 11.1 Å². The smallest absolute Gasteiger partial charge is 0.137 e. The predicted molar refractivity (Wildman–Crippen MR) is 168 cm³/mol. The molecule has 2 atom stereocenters. The molecule has 0 aliphatic carbocycles. The maximum atomic E-state index is 13.1. The van der Waals surface area contributed by atoms with Crippen molar-refractivity contribution in [2.24, 2.45) is 11.8 Å². The van der Waals surface area contributed by atoms with Gasteiger partial charge in [-0.05, 0) is 77.3 Å². The maximum absolute atomic E-state index is 13.1. The fraction of sp³-hybridized carbons (Fsp3) is 0.486. The lowest BCUT2D eigenvalue weighted by molar-refractivity contribution is -0.119. The second-order valence-electron chi connectivity index (χ2n) is 12.0. The maximum Gasteiger partial charge on any atom is 0.137 e. The molecule has 206 valence electrons. The van der Waals surface area contributed by atoms with Crippen LogP contribution in [0.25, 0.3) is 11.1 Å². The Morgan fingerprint density at radius 1 is 0.974 bits per heavy atom. The molecule has 0 heterocycles. The minimum absolute atomic E-state index is 0.116. The van der Waals surface area contributed by atoms with Gasteiger partial charge in [-0.3, -0.25) is 4.79 Å². The van der Waals surface area contributed by atoms with Crippen LogP contribution >= 0.6 is 0 Å². The van der Waals surface area contributed by atoms with E-state index in [4.69, 9.17) is 0 Å². The number of allylic oxidation sites excluding steroid dienone is 5. The third-order valence-electron chi connectivity index (χ3n) is 7.82. The molecule has 0 spiro atoms. The first-order valence-electron chi connectivity index (χ1n) is 14.8. The summed E-state index contributed by atoms with van der Waals surface area (Å²) in [5.41, 5.74) is 7.54. The van der Waals surface area contributed by atoms with E-state index in [0.29, 0.717) is 30.5 Å². The van der Waals surface area contributed by atoms with E-state index in [1.54, 1.807) is 0 Å². The summed E-state index contributed by atoms with van der Waals surface area (Å²) in [6.45, 7) is 19.9. The number of hydrogen-bond donors (Lipinski definition) is 0. The summed E-state index contributed by atoms with van der Waals surface area (Å²) in [5.74, 6) is 1.36. The molecule has 0 bridgehead atoms. The van der Waals surface area contributed by atoms with Crippen LogP contribution in [-0.4, -0.2) is 5.78 Å². The molecule has 0 amide bonds. The molecular formula is C37H52O. The van der Waals surface area contributed by atoms with Crippen LogP contribution in [0.4, 0.5) is 0 Å². The summed E-state index contributed by atoms with van der Waals surface area (Å²) in [5, 5.41) is 0. The molecule has 0 aliphatic heterocycles. The molecule has 0 saturated carbocycles. The van der Waals surface area contributed by atoms with Crippen LogP contribution in [0.5, 0.6) is 0 Å². The van der Waals surface area contributed by atoms with E-state index in [9.17, 15) is 4.79 Å². The van der Waals surface area contributed by atoms with Gasteiger partial charge >= 0.3 is 0 Å². The molecule has 0 aromatic heterocycles. The number of ketones is 1. The van der Waals surface area contributed by atoms with Crippen molar-refractivity contribution in [3.05, 3.63) is 95.6 Å². The number of carbonyl (C=O) groups is 1. The standard InChI is InChI=1S/C37H52O/c1-9-12-17-28(4)29(5)32(16-10-2)20-13-18-30(11-3)25-36(38)26-31-19-14-21-33(24-31)34-22-15-23-35(27-34)37(6,7)8/h9,12,14-15,17,19,21-24,27,30,32H,5,10-11,13,16,18,20,25-26H2,1-4,6-8H3.